The number of hydrogen-bond acceptors (Lipinski definition) is 10. The van der Waals surface area contributed by atoms with Crippen LogP contribution in [0.3, 0.4) is 0 Å². The third-order valence-electron chi connectivity index (χ3n) is 10.4. The first-order valence-electron chi connectivity index (χ1n) is 21.0. The van der Waals surface area contributed by atoms with Gasteiger partial charge in [0.15, 0.2) is 0 Å². The Morgan fingerprint density at radius 2 is 0.923 bits per heavy atom. The molecule has 0 radical (unpaired) electrons. The molecule has 0 aliphatic heterocycles. The molecule has 52 heavy (non-hydrogen) atoms. The van der Waals surface area contributed by atoms with Crippen LogP contribution in [0.1, 0.15) is 187 Å². The molecule has 0 saturated heterocycles. The Balaban J connectivity index is 2.49. The molecule has 0 bridgehead atoms. The van der Waals surface area contributed by atoms with Gasteiger partial charge in [-0.2, -0.15) is 0 Å². The summed E-state index contributed by atoms with van der Waals surface area (Å²) in [6.45, 7) is 3.85. The van der Waals surface area contributed by atoms with Crippen LogP contribution in [0.5, 0.6) is 0 Å². The number of carbonyl (C=O) groups excluding carboxylic acids is 1. The van der Waals surface area contributed by atoms with Crippen LogP contribution in [0.15, 0.2) is 0 Å². The standard InChI is InChI=1S/C39H78NO11P/c1-3-5-7-9-11-13-14-15-16-17-18-19-21-22-24-26-28-32(41)31(40-33(42)29-27-25-23-20-12-10-8-6-4-2)30-50-52(48,49)51-39-37(46)35(44)34(43)36(45)38(39)47/h31-32,34-39,41,43-47H,3-30H2,1-2H3,(H,40,42)(H,48,49)/t31-,32+,34?,35+,36?,37?,38?,39?/m0/s1. The molecule has 1 fully saturated rings. The van der Waals surface area contributed by atoms with E-state index in [-0.39, 0.29) is 12.3 Å². The number of carbonyl (C=O) groups is 1. The number of rotatable bonds is 34. The van der Waals surface area contributed by atoms with E-state index in [2.05, 4.69) is 19.2 Å². The average molecular weight is 768 g/mol. The molecule has 0 aromatic rings. The lowest BCUT2D eigenvalue weighted by atomic mass is 9.85. The smallest absolute Gasteiger partial charge is 0.391 e. The number of phosphoric ester groups is 1. The second-order valence-corrected chi connectivity index (χ2v) is 16.6. The Labute approximate surface area is 315 Å². The largest absolute Gasteiger partial charge is 0.472 e. The summed E-state index contributed by atoms with van der Waals surface area (Å²) in [6, 6.07) is -1.02. The maximum Gasteiger partial charge on any atom is 0.472 e. The normalized spacial score (nSPS) is 24.4. The maximum absolute atomic E-state index is 12.8. The fourth-order valence-corrected chi connectivity index (χ4v) is 7.87. The molecule has 1 amide bonds. The van der Waals surface area contributed by atoms with E-state index in [1.165, 1.54) is 109 Å². The first-order chi connectivity index (χ1) is 24.9. The summed E-state index contributed by atoms with van der Waals surface area (Å²) in [7, 11) is -5.04. The number of amides is 1. The summed E-state index contributed by atoms with van der Waals surface area (Å²) in [5.74, 6) is -0.311. The molecule has 0 heterocycles. The highest BCUT2D eigenvalue weighted by molar-refractivity contribution is 7.47. The lowest BCUT2D eigenvalue weighted by Gasteiger charge is -2.41. The number of unbranched alkanes of at least 4 members (excludes halogenated alkanes) is 23. The fourth-order valence-electron chi connectivity index (χ4n) is 6.91. The third-order valence-corrected chi connectivity index (χ3v) is 11.4. The number of aliphatic hydroxyl groups is 6. The Morgan fingerprint density at radius 1 is 0.577 bits per heavy atom. The van der Waals surface area contributed by atoms with Crippen molar-refractivity contribution in [3.8, 4) is 0 Å². The Kier molecular flexibility index (Phi) is 29.0. The second-order valence-electron chi connectivity index (χ2n) is 15.2. The van der Waals surface area contributed by atoms with E-state index in [4.69, 9.17) is 9.05 Å². The first kappa shape index (κ1) is 49.4. The highest BCUT2D eigenvalue weighted by Crippen LogP contribution is 2.47. The first-order valence-corrected chi connectivity index (χ1v) is 22.5. The van der Waals surface area contributed by atoms with E-state index >= 15 is 0 Å². The van der Waals surface area contributed by atoms with E-state index in [1.807, 2.05) is 0 Å². The number of aliphatic hydroxyl groups excluding tert-OH is 6. The molecule has 13 heteroatoms. The molecule has 310 valence electrons. The monoisotopic (exact) mass is 768 g/mol. The van der Waals surface area contributed by atoms with Gasteiger partial charge in [-0.25, -0.2) is 4.57 Å². The molecule has 1 rings (SSSR count). The third kappa shape index (κ3) is 22.7. The highest BCUT2D eigenvalue weighted by atomic mass is 31.2. The topological polar surface area (TPSA) is 206 Å². The zero-order chi connectivity index (χ0) is 38.6. The fraction of sp³-hybridized carbons (Fsp3) is 0.974. The zero-order valence-electron chi connectivity index (χ0n) is 32.6. The quantitative estimate of drug-likeness (QED) is 0.0255. The summed E-state index contributed by atoms with van der Waals surface area (Å²) in [4.78, 5) is 23.2. The van der Waals surface area contributed by atoms with Gasteiger partial charge in [0.25, 0.3) is 0 Å². The van der Waals surface area contributed by atoms with E-state index in [0.717, 1.165) is 38.5 Å². The van der Waals surface area contributed by atoms with Gasteiger partial charge in [-0.1, -0.05) is 168 Å². The van der Waals surface area contributed by atoms with Crippen molar-refractivity contribution in [2.24, 2.45) is 0 Å². The molecular formula is C39H78NO11P. The molecule has 1 saturated carbocycles. The molecule has 12 nitrogen and oxygen atoms in total. The lowest BCUT2D eigenvalue weighted by molar-refractivity contribution is -0.220. The molecule has 1 aliphatic carbocycles. The minimum Gasteiger partial charge on any atom is -0.391 e. The van der Waals surface area contributed by atoms with Gasteiger partial charge in [-0.15, -0.1) is 0 Å². The van der Waals surface area contributed by atoms with E-state index in [1.54, 1.807) is 0 Å². The van der Waals surface area contributed by atoms with Crippen LogP contribution in [0, 0.1) is 0 Å². The van der Waals surface area contributed by atoms with E-state index < -0.39 is 63.2 Å². The van der Waals surface area contributed by atoms with Crippen molar-refractivity contribution in [3.63, 3.8) is 0 Å². The van der Waals surface area contributed by atoms with Gasteiger partial charge in [0.1, 0.15) is 36.6 Å². The van der Waals surface area contributed by atoms with Crippen molar-refractivity contribution in [3.05, 3.63) is 0 Å². The van der Waals surface area contributed by atoms with Crippen LogP contribution in [0.4, 0.5) is 0 Å². The minimum absolute atomic E-state index is 0.240. The summed E-state index contributed by atoms with van der Waals surface area (Å²) >= 11 is 0. The SMILES string of the molecule is CCCCCCCCCCCCCCCCCC[C@@H](O)[C@H](COP(=O)(O)OC1C(O)C(O)C(O)[C@@H](O)C1O)NC(=O)CCCCCCCCCCC. The summed E-state index contributed by atoms with van der Waals surface area (Å²) < 4.78 is 22.8. The molecule has 1 aliphatic rings. The van der Waals surface area contributed by atoms with Crippen LogP contribution in [-0.2, 0) is 18.4 Å². The summed E-state index contributed by atoms with van der Waals surface area (Å²) in [6.07, 6.45) is 17.2. The van der Waals surface area contributed by atoms with Gasteiger partial charge in [-0.3, -0.25) is 13.8 Å². The van der Waals surface area contributed by atoms with Gasteiger partial charge in [-0.05, 0) is 12.8 Å². The Bertz CT molecular complexity index is 900. The summed E-state index contributed by atoms with van der Waals surface area (Å²) in [5.41, 5.74) is 0. The Hall–Kier alpha value is -0.660. The van der Waals surface area contributed by atoms with Crippen molar-refractivity contribution in [2.75, 3.05) is 6.61 Å². The predicted molar refractivity (Wildman–Crippen MR) is 205 cm³/mol. The lowest BCUT2D eigenvalue weighted by Crippen LogP contribution is -2.64. The van der Waals surface area contributed by atoms with Crippen molar-refractivity contribution in [1.29, 1.82) is 0 Å². The molecule has 9 atom stereocenters. The molecule has 6 unspecified atom stereocenters. The zero-order valence-corrected chi connectivity index (χ0v) is 33.5. The van der Waals surface area contributed by atoms with Crippen molar-refractivity contribution >= 4 is 13.7 Å². The second kappa shape index (κ2) is 30.5. The van der Waals surface area contributed by atoms with Crippen LogP contribution in [0.25, 0.3) is 0 Å². The average Bonchev–Trinajstić information content (AvgIpc) is 3.12. The molecular weight excluding hydrogens is 689 g/mol. The maximum atomic E-state index is 12.8. The number of hydrogen-bond donors (Lipinski definition) is 8. The summed E-state index contributed by atoms with van der Waals surface area (Å²) in [5, 5.41) is 63.8. The van der Waals surface area contributed by atoms with E-state index in [9.17, 15) is 44.9 Å². The molecule has 0 spiro atoms. The van der Waals surface area contributed by atoms with Gasteiger partial charge in [0, 0.05) is 6.42 Å². The molecule has 8 N–H and O–H groups in total. The van der Waals surface area contributed by atoms with Crippen molar-refractivity contribution < 1.29 is 53.9 Å². The van der Waals surface area contributed by atoms with Crippen molar-refractivity contribution in [2.45, 2.75) is 236 Å². The minimum atomic E-state index is -5.04. The predicted octanol–water partition coefficient (Wildman–Crippen LogP) is 6.72. The van der Waals surface area contributed by atoms with Crippen LogP contribution >= 0.6 is 7.82 Å². The Morgan fingerprint density at radius 3 is 1.33 bits per heavy atom. The van der Waals surface area contributed by atoms with Gasteiger partial charge in [0.05, 0.1) is 18.8 Å². The van der Waals surface area contributed by atoms with Crippen LogP contribution in [0.2, 0.25) is 0 Å². The highest BCUT2D eigenvalue weighted by Gasteiger charge is 2.51. The molecule has 0 aromatic heterocycles. The molecule has 0 aromatic carbocycles. The van der Waals surface area contributed by atoms with E-state index in [0.29, 0.717) is 19.3 Å². The van der Waals surface area contributed by atoms with Gasteiger partial charge < -0.3 is 40.8 Å². The van der Waals surface area contributed by atoms with Crippen LogP contribution < -0.4 is 5.32 Å². The van der Waals surface area contributed by atoms with Gasteiger partial charge in [0.2, 0.25) is 5.91 Å². The van der Waals surface area contributed by atoms with Crippen molar-refractivity contribution in [1.82, 2.24) is 5.32 Å². The van der Waals surface area contributed by atoms with Crippen LogP contribution in [-0.4, -0.2) is 96.8 Å². The number of phosphoric acid groups is 1. The number of nitrogens with one attached hydrogen (secondary N) is 1. The van der Waals surface area contributed by atoms with Gasteiger partial charge >= 0.3 is 7.82 Å².